The van der Waals surface area contributed by atoms with Gasteiger partial charge in [0.1, 0.15) is 5.65 Å². The lowest BCUT2D eigenvalue weighted by Crippen LogP contribution is -2.03. The van der Waals surface area contributed by atoms with Crippen LogP contribution in [0.3, 0.4) is 0 Å². The van der Waals surface area contributed by atoms with Gasteiger partial charge in [0.2, 0.25) is 5.88 Å². The van der Waals surface area contributed by atoms with Crippen LogP contribution in [0.5, 0.6) is 5.88 Å². The van der Waals surface area contributed by atoms with Gasteiger partial charge in [-0.05, 0) is 12.1 Å². The molecular weight excluding hydrogens is 184 g/mol. The van der Waals surface area contributed by atoms with Gasteiger partial charge in [0.15, 0.2) is 5.69 Å². The molecule has 0 aliphatic carbocycles. The summed E-state index contributed by atoms with van der Waals surface area (Å²) >= 11 is 0. The first-order valence-electron chi connectivity index (χ1n) is 3.98. The minimum atomic E-state index is -1.06. The molecule has 1 N–H and O–H groups in total. The molecule has 0 bridgehead atoms. The highest BCUT2D eigenvalue weighted by Gasteiger charge is 2.18. The van der Waals surface area contributed by atoms with Gasteiger partial charge in [-0.2, -0.15) is 4.98 Å². The highest BCUT2D eigenvalue weighted by Crippen LogP contribution is 2.18. The quantitative estimate of drug-likeness (QED) is 0.772. The van der Waals surface area contributed by atoms with Crippen LogP contribution in [0.4, 0.5) is 0 Å². The van der Waals surface area contributed by atoms with Crippen molar-refractivity contribution in [2.75, 3.05) is 7.11 Å². The Morgan fingerprint density at radius 3 is 3.00 bits per heavy atom. The standard InChI is InChI=1S/C9H8N2O3/c1-14-8-7(9(12)13)11-5-3-2-4-6(11)10-8/h2-5H,1H3,(H,12,13). The fourth-order valence-electron chi connectivity index (χ4n) is 1.31. The number of hydrogen-bond acceptors (Lipinski definition) is 3. The Bertz CT molecular complexity index is 490. The van der Waals surface area contributed by atoms with Gasteiger partial charge in [0, 0.05) is 6.20 Å². The van der Waals surface area contributed by atoms with Gasteiger partial charge in [-0.15, -0.1) is 0 Å². The molecule has 0 saturated carbocycles. The number of carbonyl (C=O) groups is 1. The van der Waals surface area contributed by atoms with E-state index in [2.05, 4.69) is 4.98 Å². The highest BCUT2D eigenvalue weighted by molar-refractivity contribution is 5.89. The molecule has 0 aromatic carbocycles. The van der Waals surface area contributed by atoms with Crippen LogP contribution in [0.1, 0.15) is 10.5 Å². The van der Waals surface area contributed by atoms with Gasteiger partial charge in [-0.25, -0.2) is 4.79 Å². The summed E-state index contributed by atoms with van der Waals surface area (Å²) in [5, 5.41) is 8.94. The normalized spacial score (nSPS) is 10.4. The number of rotatable bonds is 2. The number of nitrogens with zero attached hydrogens (tertiary/aromatic N) is 2. The van der Waals surface area contributed by atoms with Crippen LogP contribution in [0.2, 0.25) is 0 Å². The number of pyridine rings is 1. The van der Waals surface area contributed by atoms with Crippen molar-refractivity contribution < 1.29 is 14.6 Å². The zero-order valence-electron chi connectivity index (χ0n) is 7.47. The number of ether oxygens (including phenoxy) is 1. The molecule has 0 aliphatic heterocycles. The second kappa shape index (κ2) is 3.02. The molecule has 5 nitrogen and oxygen atoms in total. The third-order valence-electron chi connectivity index (χ3n) is 1.89. The molecule has 0 fully saturated rings. The lowest BCUT2D eigenvalue weighted by molar-refractivity contribution is 0.0685. The molecular formula is C9H8N2O3. The van der Waals surface area contributed by atoms with E-state index in [0.717, 1.165) is 0 Å². The zero-order chi connectivity index (χ0) is 10.1. The molecule has 2 rings (SSSR count). The average molecular weight is 192 g/mol. The fraction of sp³-hybridized carbons (Fsp3) is 0.111. The fourth-order valence-corrected chi connectivity index (χ4v) is 1.31. The van der Waals surface area contributed by atoms with E-state index in [1.807, 2.05) is 0 Å². The summed E-state index contributed by atoms with van der Waals surface area (Å²) in [5.41, 5.74) is 0.602. The van der Waals surface area contributed by atoms with Gasteiger partial charge < -0.3 is 9.84 Å². The summed E-state index contributed by atoms with van der Waals surface area (Å²) < 4.78 is 6.35. The number of imidazole rings is 1. The van der Waals surface area contributed by atoms with Crippen molar-refractivity contribution in [3.8, 4) is 5.88 Å². The van der Waals surface area contributed by atoms with E-state index in [-0.39, 0.29) is 11.6 Å². The molecule has 0 radical (unpaired) electrons. The Hall–Kier alpha value is -2.04. The first-order valence-corrected chi connectivity index (χ1v) is 3.98. The smallest absolute Gasteiger partial charge is 0.358 e. The van der Waals surface area contributed by atoms with Crippen LogP contribution in [0.25, 0.3) is 5.65 Å². The molecule has 72 valence electrons. The van der Waals surface area contributed by atoms with E-state index in [1.165, 1.54) is 11.5 Å². The number of aromatic carboxylic acids is 1. The van der Waals surface area contributed by atoms with E-state index in [0.29, 0.717) is 5.65 Å². The van der Waals surface area contributed by atoms with Crippen LogP contribution in [0.15, 0.2) is 24.4 Å². The third-order valence-corrected chi connectivity index (χ3v) is 1.89. The van der Waals surface area contributed by atoms with Gasteiger partial charge in [0.25, 0.3) is 0 Å². The predicted molar refractivity (Wildman–Crippen MR) is 48.7 cm³/mol. The lowest BCUT2D eigenvalue weighted by Gasteiger charge is -1.96. The van der Waals surface area contributed by atoms with Crippen LogP contribution in [-0.4, -0.2) is 27.6 Å². The summed E-state index contributed by atoms with van der Waals surface area (Å²) in [6, 6.07) is 5.24. The largest absolute Gasteiger partial charge is 0.479 e. The SMILES string of the molecule is COc1nc2ccccn2c1C(=O)O. The Labute approximate surface area is 79.6 Å². The summed E-state index contributed by atoms with van der Waals surface area (Å²) in [7, 11) is 1.40. The molecule has 2 aromatic heterocycles. The molecule has 0 saturated heterocycles. The molecule has 0 atom stereocenters. The van der Waals surface area contributed by atoms with E-state index >= 15 is 0 Å². The second-order valence-electron chi connectivity index (χ2n) is 2.70. The average Bonchev–Trinajstić information content (AvgIpc) is 2.55. The molecule has 5 heteroatoms. The molecule has 0 amide bonds. The minimum absolute atomic E-state index is 0.0445. The van der Waals surface area contributed by atoms with Crippen molar-refractivity contribution in [3.63, 3.8) is 0 Å². The minimum Gasteiger partial charge on any atom is -0.479 e. The molecule has 0 aliphatic rings. The number of carboxylic acids is 1. The molecule has 2 heterocycles. The van der Waals surface area contributed by atoms with E-state index in [4.69, 9.17) is 9.84 Å². The Morgan fingerprint density at radius 1 is 1.57 bits per heavy atom. The van der Waals surface area contributed by atoms with Crippen molar-refractivity contribution >= 4 is 11.6 Å². The molecule has 0 spiro atoms. The van der Waals surface area contributed by atoms with Crippen LogP contribution >= 0.6 is 0 Å². The van der Waals surface area contributed by atoms with Gasteiger partial charge in [-0.1, -0.05) is 6.07 Å². The van der Waals surface area contributed by atoms with Crippen LogP contribution < -0.4 is 4.74 Å². The van der Waals surface area contributed by atoms with Crippen LogP contribution in [0, 0.1) is 0 Å². The first kappa shape index (κ1) is 8.55. The summed E-state index contributed by atoms with van der Waals surface area (Å²) in [4.78, 5) is 14.9. The Balaban J connectivity index is 2.81. The third kappa shape index (κ3) is 1.10. The lowest BCUT2D eigenvalue weighted by atomic mass is 10.4. The summed E-state index contributed by atoms with van der Waals surface area (Å²) in [5.74, 6) is -0.927. The molecule has 14 heavy (non-hydrogen) atoms. The van der Waals surface area contributed by atoms with Crippen LogP contribution in [-0.2, 0) is 0 Å². The van der Waals surface area contributed by atoms with Crippen molar-refractivity contribution in [1.82, 2.24) is 9.38 Å². The van der Waals surface area contributed by atoms with E-state index in [9.17, 15) is 4.79 Å². The Kier molecular flexibility index (Phi) is 1.85. The monoisotopic (exact) mass is 192 g/mol. The Morgan fingerprint density at radius 2 is 2.36 bits per heavy atom. The summed E-state index contributed by atoms with van der Waals surface area (Å²) in [6.07, 6.45) is 1.63. The highest BCUT2D eigenvalue weighted by atomic mass is 16.5. The predicted octanol–water partition coefficient (Wildman–Crippen LogP) is 1.04. The van der Waals surface area contributed by atoms with E-state index < -0.39 is 5.97 Å². The number of methoxy groups -OCH3 is 1. The maximum atomic E-state index is 10.9. The second-order valence-corrected chi connectivity index (χ2v) is 2.70. The zero-order valence-corrected chi connectivity index (χ0v) is 7.47. The van der Waals surface area contributed by atoms with E-state index in [1.54, 1.807) is 24.4 Å². The first-order chi connectivity index (χ1) is 6.74. The maximum Gasteiger partial charge on any atom is 0.358 e. The number of carboxylic acid groups (broad SMARTS) is 1. The maximum absolute atomic E-state index is 10.9. The van der Waals surface area contributed by atoms with Gasteiger partial charge >= 0.3 is 5.97 Å². The van der Waals surface area contributed by atoms with Crippen molar-refractivity contribution in [2.45, 2.75) is 0 Å². The number of hydrogen-bond donors (Lipinski definition) is 1. The van der Waals surface area contributed by atoms with Gasteiger partial charge in [0.05, 0.1) is 7.11 Å². The summed E-state index contributed by atoms with van der Waals surface area (Å²) in [6.45, 7) is 0. The van der Waals surface area contributed by atoms with Crippen molar-refractivity contribution in [2.24, 2.45) is 0 Å². The number of aromatic nitrogens is 2. The number of fused-ring (bicyclic) bond motifs is 1. The van der Waals surface area contributed by atoms with Crippen molar-refractivity contribution in [3.05, 3.63) is 30.1 Å². The molecule has 2 aromatic rings. The van der Waals surface area contributed by atoms with Gasteiger partial charge in [-0.3, -0.25) is 4.40 Å². The molecule has 0 unspecified atom stereocenters. The van der Waals surface area contributed by atoms with Crippen molar-refractivity contribution in [1.29, 1.82) is 0 Å². The topological polar surface area (TPSA) is 63.8 Å².